The fourth-order valence-corrected chi connectivity index (χ4v) is 16.9. The van der Waals surface area contributed by atoms with Gasteiger partial charge in [-0.25, -0.2) is 0 Å². The highest BCUT2D eigenvalue weighted by molar-refractivity contribution is 5.42. The second kappa shape index (κ2) is 16.2. The minimum atomic E-state index is 0.314. The molecule has 0 bridgehead atoms. The summed E-state index contributed by atoms with van der Waals surface area (Å²) < 4.78 is 0. The van der Waals surface area contributed by atoms with Gasteiger partial charge >= 0.3 is 0 Å². The van der Waals surface area contributed by atoms with E-state index in [4.69, 9.17) is 0 Å². The maximum Gasteiger partial charge on any atom is 0.0507 e. The van der Waals surface area contributed by atoms with Crippen LogP contribution in [0.4, 0.5) is 0 Å². The SMILES string of the molecule is C1=CC2C(C(N(C3=CCCCC3)C3CCCCC3)=C1)C1C=CCCC1C21C2C=C(N(C3CCCCC3)C3C=CCCC3C3CCCCC3)C=CC2C2C=CCCC21. The first kappa shape index (κ1) is 37.5. The lowest BCUT2D eigenvalue weighted by atomic mass is 9.55. The van der Waals surface area contributed by atoms with E-state index in [9.17, 15) is 0 Å². The summed E-state index contributed by atoms with van der Waals surface area (Å²) in [6, 6.07) is 1.97. The van der Waals surface area contributed by atoms with Crippen LogP contribution < -0.4 is 0 Å². The summed E-state index contributed by atoms with van der Waals surface area (Å²) in [6.07, 6.45) is 70.4. The van der Waals surface area contributed by atoms with Crippen molar-refractivity contribution in [3.05, 3.63) is 96.1 Å². The Morgan fingerprint density at radius 1 is 0.544 bits per heavy atom. The van der Waals surface area contributed by atoms with Gasteiger partial charge in [0.05, 0.1) is 6.04 Å². The Bertz CT molecular complexity index is 1700. The van der Waals surface area contributed by atoms with Crippen molar-refractivity contribution < 1.29 is 0 Å². The molecule has 0 aromatic rings. The van der Waals surface area contributed by atoms with Gasteiger partial charge in [0.1, 0.15) is 0 Å². The van der Waals surface area contributed by atoms with Crippen LogP contribution in [0.15, 0.2) is 96.1 Å². The van der Waals surface area contributed by atoms with Gasteiger partial charge in [-0.3, -0.25) is 0 Å². The lowest BCUT2D eigenvalue weighted by Gasteiger charge is -2.51. The monoisotopic (exact) mass is 765 g/mol. The first-order chi connectivity index (χ1) is 28.3. The number of hydrogen-bond acceptors (Lipinski definition) is 2. The molecule has 11 aliphatic rings. The maximum atomic E-state index is 3.14. The predicted molar refractivity (Wildman–Crippen MR) is 238 cm³/mol. The molecular weight excluding hydrogens is 689 g/mol. The first-order valence-corrected chi connectivity index (χ1v) is 25.4. The van der Waals surface area contributed by atoms with Crippen molar-refractivity contribution in [2.45, 2.75) is 179 Å². The van der Waals surface area contributed by atoms with E-state index in [1.54, 1.807) is 17.1 Å². The molecule has 0 aliphatic heterocycles. The molecule has 0 heterocycles. The molecule has 0 aromatic carbocycles. The van der Waals surface area contributed by atoms with Crippen molar-refractivity contribution in [2.75, 3.05) is 0 Å². The summed E-state index contributed by atoms with van der Waals surface area (Å²) in [7, 11) is 0. The summed E-state index contributed by atoms with van der Waals surface area (Å²) in [4.78, 5) is 6.19. The third kappa shape index (κ3) is 6.35. The Hall–Kier alpha value is -2.48. The van der Waals surface area contributed by atoms with Crippen molar-refractivity contribution in [2.24, 2.45) is 64.6 Å². The van der Waals surface area contributed by atoms with Crippen molar-refractivity contribution >= 4 is 0 Å². The molecule has 1 spiro atoms. The molecule has 0 radical (unpaired) electrons. The Morgan fingerprint density at radius 2 is 1.23 bits per heavy atom. The van der Waals surface area contributed by atoms with E-state index in [0.717, 1.165) is 23.7 Å². The molecule has 5 fully saturated rings. The average molecular weight is 765 g/mol. The zero-order valence-corrected chi connectivity index (χ0v) is 35.6. The second-order valence-corrected chi connectivity index (χ2v) is 21.3. The molecule has 0 amide bonds. The van der Waals surface area contributed by atoms with E-state index in [1.807, 2.05) is 0 Å². The Balaban J connectivity index is 1.03. The van der Waals surface area contributed by atoms with Gasteiger partial charge in [-0.2, -0.15) is 0 Å². The van der Waals surface area contributed by atoms with E-state index in [1.165, 1.54) is 161 Å². The highest BCUT2D eigenvalue weighted by atomic mass is 15.2. The molecule has 11 atom stereocenters. The molecule has 11 unspecified atom stereocenters. The van der Waals surface area contributed by atoms with E-state index < -0.39 is 0 Å². The predicted octanol–water partition coefficient (Wildman–Crippen LogP) is 14.2. The Labute approximate surface area is 347 Å². The quantitative estimate of drug-likeness (QED) is 0.238. The van der Waals surface area contributed by atoms with Crippen LogP contribution in [0.3, 0.4) is 0 Å². The molecular formula is C55H76N2. The van der Waals surface area contributed by atoms with Gasteiger partial charge in [0.25, 0.3) is 0 Å². The molecule has 11 rings (SSSR count). The van der Waals surface area contributed by atoms with Crippen LogP contribution in [0.5, 0.6) is 0 Å². The van der Waals surface area contributed by atoms with Crippen LogP contribution in [0.1, 0.15) is 161 Å². The highest BCUT2D eigenvalue weighted by Crippen LogP contribution is 2.75. The summed E-state index contributed by atoms with van der Waals surface area (Å²) >= 11 is 0. The van der Waals surface area contributed by atoms with Crippen LogP contribution in [0.2, 0.25) is 0 Å². The zero-order chi connectivity index (χ0) is 37.8. The number of hydrogen-bond donors (Lipinski definition) is 0. The Morgan fingerprint density at radius 3 is 1.98 bits per heavy atom. The lowest BCUT2D eigenvalue weighted by molar-refractivity contribution is 0.0283. The van der Waals surface area contributed by atoms with Crippen molar-refractivity contribution in [3.63, 3.8) is 0 Å². The summed E-state index contributed by atoms with van der Waals surface area (Å²) in [5.41, 5.74) is 5.41. The van der Waals surface area contributed by atoms with Crippen LogP contribution in [0.25, 0.3) is 0 Å². The maximum absolute atomic E-state index is 3.14. The van der Waals surface area contributed by atoms with Gasteiger partial charge in [-0.15, -0.1) is 0 Å². The van der Waals surface area contributed by atoms with Crippen LogP contribution in [-0.4, -0.2) is 27.9 Å². The lowest BCUT2D eigenvalue weighted by Crippen LogP contribution is -2.50. The first-order valence-electron chi connectivity index (χ1n) is 25.4. The smallest absolute Gasteiger partial charge is 0.0507 e. The van der Waals surface area contributed by atoms with E-state index in [-0.39, 0.29) is 0 Å². The fourth-order valence-electron chi connectivity index (χ4n) is 16.9. The zero-order valence-electron chi connectivity index (χ0n) is 35.6. The number of nitrogens with zero attached hydrogens (tertiary/aromatic N) is 2. The Kier molecular flexibility index (Phi) is 10.6. The third-order valence-electron chi connectivity index (χ3n) is 18.9. The number of fused-ring (bicyclic) bond motifs is 10. The van der Waals surface area contributed by atoms with Crippen molar-refractivity contribution in [1.29, 1.82) is 0 Å². The van der Waals surface area contributed by atoms with Crippen LogP contribution >= 0.6 is 0 Å². The summed E-state index contributed by atoms with van der Waals surface area (Å²) in [5, 5.41) is 0. The van der Waals surface area contributed by atoms with Gasteiger partial charge in [-0.1, -0.05) is 137 Å². The largest absolute Gasteiger partial charge is 0.362 e. The van der Waals surface area contributed by atoms with Crippen molar-refractivity contribution in [3.8, 4) is 0 Å². The van der Waals surface area contributed by atoms with E-state index in [0.29, 0.717) is 59.0 Å². The highest BCUT2D eigenvalue weighted by Gasteiger charge is 2.71. The normalized spacial score (nSPS) is 41.9. The molecule has 57 heavy (non-hydrogen) atoms. The molecule has 0 aromatic heterocycles. The molecule has 0 N–H and O–H groups in total. The standard InChI is InChI=1S/C55H76N2/c1-5-20-39(21-6-1)44-28-15-18-34-52(44)57(42-26-11-4-12-27-42)43-36-37-46-45-29-13-16-31-48(45)55(51(46)38-43)49-32-17-14-30-47(49)54-50(55)33-19-35-53(54)56(40-22-7-2-8-23-40)41-24-9-3-10-25-41/h13-14,18-19,22,29-30,33-39,41-42,44-52,54H,1-12,15-17,20-21,23-28,31-32H2. The molecule has 2 nitrogen and oxygen atoms in total. The molecule has 2 heteroatoms. The molecule has 5 saturated carbocycles. The van der Waals surface area contributed by atoms with E-state index in [2.05, 4.69) is 88.8 Å². The van der Waals surface area contributed by atoms with Gasteiger partial charge < -0.3 is 9.80 Å². The van der Waals surface area contributed by atoms with Crippen LogP contribution in [0, 0.1) is 64.6 Å². The number of allylic oxidation sites excluding steroid dienone is 14. The van der Waals surface area contributed by atoms with E-state index >= 15 is 0 Å². The fraction of sp³-hybridized carbons (Fsp3) is 0.709. The number of rotatable bonds is 7. The van der Waals surface area contributed by atoms with Gasteiger partial charge in [0, 0.05) is 35.1 Å². The third-order valence-corrected chi connectivity index (χ3v) is 18.9. The average Bonchev–Trinajstić information content (AvgIpc) is 3.76. The minimum Gasteiger partial charge on any atom is -0.362 e. The van der Waals surface area contributed by atoms with Gasteiger partial charge in [0.15, 0.2) is 0 Å². The summed E-state index contributed by atoms with van der Waals surface area (Å²) in [6.45, 7) is 0. The summed E-state index contributed by atoms with van der Waals surface area (Å²) in [5.74, 6) is 7.13. The van der Waals surface area contributed by atoms with Crippen LogP contribution in [-0.2, 0) is 0 Å². The van der Waals surface area contributed by atoms with Gasteiger partial charge in [-0.05, 0) is 161 Å². The second-order valence-electron chi connectivity index (χ2n) is 21.3. The molecule has 11 aliphatic carbocycles. The van der Waals surface area contributed by atoms with Gasteiger partial charge in [0.2, 0.25) is 0 Å². The van der Waals surface area contributed by atoms with Crippen molar-refractivity contribution in [1.82, 2.24) is 9.80 Å². The molecule has 306 valence electrons. The topological polar surface area (TPSA) is 6.48 Å². The minimum absolute atomic E-state index is 0.314. The molecule has 0 saturated heterocycles.